The zero-order valence-electron chi connectivity index (χ0n) is 8.76. The van der Waals surface area contributed by atoms with Gasteiger partial charge in [0.05, 0.1) is 4.91 Å². The zero-order chi connectivity index (χ0) is 11.4. The Hall–Kier alpha value is -1.55. The second kappa shape index (κ2) is 4.53. The molecule has 1 aromatic carbocycles. The van der Waals surface area contributed by atoms with Gasteiger partial charge in [0.25, 0.3) is 10.0 Å². The summed E-state index contributed by atoms with van der Waals surface area (Å²) in [5, 5.41) is 0. The maximum Gasteiger partial charge on any atom is 0.258 e. The van der Waals surface area contributed by atoms with Crippen LogP contribution in [0.5, 0.6) is 0 Å². The number of rotatable bonds is 3. The molecule has 0 unspecified atom stereocenters. The molecule has 0 radical (unpaired) electrons. The van der Waals surface area contributed by atoms with Crippen LogP contribution in [0.15, 0.2) is 53.5 Å². The minimum absolute atomic E-state index is 0.443. The third-order valence-corrected chi connectivity index (χ3v) is 3.88. The minimum atomic E-state index is -3.38. The Morgan fingerprint density at radius 1 is 1.12 bits per heavy atom. The van der Waals surface area contributed by atoms with Crippen molar-refractivity contribution in [3.63, 3.8) is 0 Å². The first-order chi connectivity index (χ1) is 7.68. The van der Waals surface area contributed by atoms with Gasteiger partial charge in [-0.2, -0.15) is 0 Å². The van der Waals surface area contributed by atoms with E-state index in [1.54, 1.807) is 36.4 Å². The lowest BCUT2D eigenvalue weighted by atomic mass is 10.2. The van der Waals surface area contributed by atoms with Crippen molar-refractivity contribution in [2.45, 2.75) is 12.8 Å². The molecule has 2 rings (SSSR count). The molecule has 0 saturated carbocycles. The Morgan fingerprint density at radius 2 is 1.88 bits per heavy atom. The second-order valence-corrected chi connectivity index (χ2v) is 5.31. The fourth-order valence-corrected chi connectivity index (χ4v) is 2.75. The van der Waals surface area contributed by atoms with Crippen molar-refractivity contribution in [3.05, 3.63) is 53.5 Å². The predicted octanol–water partition coefficient (Wildman–Crippen LogP) is 2.66. The highest BCUT2D eigenvalue weighted by atomic mass is 32.2. The summed E-state index contributed by atoms with van der Waals surface area (Å²) in [5.41, 5.74) is 0.595. The Labute approximate surface area is 95.5 Å². The molecule has 0 aromatic heterocycles. The van der Waals surface area contributed by atoms with Crippen LogP contribution in [0.25, 0.3) is 0 Å². The Bertz CT molecular complexity index is 515. The van der Waals surface area contributed by atoms with Crippen LogP contribution in [-0.2, 0) is 10.0 Å². The molecule has 4 heteroatoms. The second-order valence-electron chi connectivity index (χ2n) is 3.57. The first-order valence-electron chi connectivity index (χ1n) is 5.12. The van der Waals surface area contributed by atoms with E-state index in [1.165, 1.54) is 0 Å². The molecule has 1 aliphatic rings. The van der Waals surface area contributed by atoms with Crippen molar-refractivity contribution in [1.82, 2.24) is 0 Å². The van der Waals surface area contributed by atoms with Gasteiger partial charge in [-0.05, 0) is 31.1 Å². The summed E-state index contributed by atoms with van der Waals surface area (Å²) in [6, 6.07) is 8.91. The predicted molar refractivity (Wildman–Crippen MR) is 65.4 cm³/mol. The van der Waals surface area contributed by atoms with Crippen molar-refractivity contribution < 1.29 is 8.42 Å². The van der Waals surface area contributed by atoms with Crippen molar-refractivity contribution in [2.75, 3.05) is 4.72 Å². The minimum Gasteiger partial charge on any atom is -0.280 e. The van der Waals surface area contributed by atoms with Crippen LogP contribution < -0.4 is 4.72 Å². The largest absolute Gasteiger partial charge is 0.280 e. The van der Waals surface area contributed by atoms with Gasteiger partial charge < -0.3 is 0 Å². The van der Waals surface area contributed by atoms with E-state index in [0.717, 1.165) is 6.42 Å². The fraction of sp³-hybridized carbons (Fsp3) is 0.167. The molecule has 84 valence electrons. The molecule has 1 aromatic rings. The first kappa shape index (κ1) is 11.0. The SMILES string of the molecule is O=S(=O)(Nc1ccccc1)C1=CC=CCC1. The lowest BCUT2D eigenvalue weighted by molar-refractivity contribution is 0.605. The van der Waals surface area contributed by atoms with E-state index in [4.69, 9.17) is 0 Å². The standard InChI is InChI=1S/C12H13NO2S/c14-16(15,12-9-5-2-6-10-12)13-11-7-3-1-4-8-11/h1-5,7-9,13H,6,10H2. The van der Waals surface area contributed by atoms with E-state index in [1.807, 2.05) is 12.1 Å². The summed E-state index contributed by atoms with van der Waals surface area (Å²) in [4.78, 5) is 0.443. The molecule has 0 atom stereocenters. The highest BCUT2D eigenvalue weighted by molar-refractivity contribution is 7.96. The number of para-hydroxylation sites is 1. The van der Waals surface area contributed by atoms with Gasteiger partial charge in [-0.15, -0.1) is 0 Å². The first-order valence-corrected chi connectivity index (χ1v) is 6.60. The van der Waals surface area contributed by atoms with Crippen molar-refractivity contribution in [3.8, 4) is 0 Å². The molecule has 3 nitrogen and oxygen atoms in total. The van der Waals surface area contributed by atoms with Gasteiger partial charge in [-0.1, -0.05) is 30.4 Å². The van der Waals surface area contributed by atoms with E-state index >= 15 is 0 Å². The average Bonchev–Trinajstić information content (AvgIpc) is 2.31. The van der Waals surface area contributed by atoms with Gasteiger partial charge in [0.2, 0.25) is 0 Å². The molecule has 0 amide bonds. The number of hydrogen-bond acceptors (Lipinski definition) is 2. The van der Waals surface area contributed by atoms with E-state index in [9.17, 15) is 8.42 Å². The molecule has 1 aliphatic carbocycles. The smallest absolute Gasteiger partial charge is 0.258 e. The van der Waals surface area contributed by atoms with E-state index < -0.39 is 10.0 Å². The van der Waals surface area contributed by atoms with Crippen molar-refractivity contribution >= 4 is 15.7 Å². The number of benzene rings is 1. The van der Waals surface area contributed by atoms with Crippen LogP contribution in [0.3, 0.4) is 0 Å². The highest BCUT2D eigenvalue weighted by Crippen LogP contribution is 2.20. The third kappa shape index (κ3) is 2.52. The quantitative estimate of drug-likeness (QED) is 0.875. The van der Waals surface area contributed by atoms with Gasteiger partial charge in [0, 0.05) is 5.69 Å². The normalized spacial score (nSPS) is 15.6. The van der Waals surface area contributed by atoms with Crippen LogP contribution in [-0.4, -0.2) is 8.42 Å². The molecule has 0 spiro atoms. The third-order valence-electron chi connectivity index (χ3n) is 2.35. The van der Waals surface area contributed by atoms with Gasteiger partial charge >= 0.3 is 0 Å². The monoisotopic (exact) mass is 235 g/mol. The van der Waals surface area contributed by atoms with Crippen molar-refractivity contribution in [2.24, 2.45) is 0 Å². The fourth-order valence-electron chi connectivity index (χ4n) is 1.53. The lowest BCUT2D eigenvalue weighted by Gasteiger charge is -2.12. The van der Waals surface area contributed by atoms with E-state index in [0.29, 0.717) is 17.0 Å². The number of allylic oxidation sites excluding steroid dienone is 4. The number of anilines is 1. The van der Waals surface area contributed by atoms with Gasteiger partial charge in [-0.25, -0.2) is 8.42 Å². The summed E-state index contributed by atoms with van der Waals surface area (Å²) in [6.45, 7) is 0. The van der Waals surface area contributed by atoms with Gasteiger partial charge in [0.15, 0.2) is 0 Å². The maximum atomic E-state index is 11.9. The van der Waals surface area contributed by atoms with Crippen LogP contribution >= 0.6 is 0 Å². The van der Waals surface area contributed by atoms with Crippen LogP contribution in [0, 0.1) is 0 Å². The van der Waals surface area contributed by atoms with Gasteiger partial charge in [-0.3, -0.25) is 4.72 Å². The molecule has 0 heterocycles. The molecule has 0 aliphatic heterocycles. The number of nitrogens with one attached hydrogen (secondary N) is 1. The Kier molecular flexibility index (Phi) is 3.10. The molecule has 0 fully saturated rings. The van der Waals surface area contributed by atoms with Gasteiger partial charge in [0.1, 0.15) is 0 Å². The van der Waals surface area contributed by atoms with E-state index in [2.05, 4.69) is 4.72 Å². The van der Waals surface area contributed by atoms with E-state index in [-0.39, 0.29) is 0 Å². The van der Waals surface area contributed by atoms with Crippen LogP contribution in [0.2, 0.25) is 0 Å². The maximum absolute atomic E-state index is 11.9. The molecule has 1 N–H and O–H groups in total. The Balaban J connectivity index is 2.21. The molecule has 0 bridgehead atoms. The van der Waals surface area contributed by atoms with Crippen molar-refractivity contribution in [1.29, 1.82) is 0 Å². The lowest BCUT2D eigenvalue weighted by Crippen LogP contribution is -2.15. The summed E-state index contributed by atoms with van der Waals surface area (Å²) < 4.78 is 26.4. The summed E-state index contributed by atoms with van der Waals surface area (Å²) in [5.74, 6) is 0. The number of sulfonamides is 1. The summed E-state index contributed by atoms with van der Waals surface area (Å²) in [7, 11) is -3.38. The summed E-state index contributed by atoms with van der Waals surface area (Å²) >= 11 is 0. The molecular weight excluding hydrogens is 222 g/mol. The number of hydrogen-bond donors (Lipinski definition) is 1. The average molecular weight is 235 g/mol. The van der Waals surface area contributed by atoms with Crippen LogP contribution in [0.4, 0.5) is 5.69 Å². The molecular formula is C12H13NO2S. The molecule has 16 heavy (non-hydrogen) atoms. The van der Waals surface area contributed by atoms with Crippen LogP contribution in [0.1, 0.15) is 12.8 Å². The molecule has 0 saturated heterocycles. The highest BCUT2D eigenvalue weighted by Gasteiger charge is 2.17. The topological polar surface area (TPSA) is 46.2 Å². The Morgan fingerprint density at radius 3 is 2.50 bits per heavy atom. The zero-order valence-corrected chi connectivity index (χ0v) is 9.57. The summed E-state index contributed by atoms with van der Waals surface area (Å²) in [6.07, 6.45) is 6.74.